The average Bonchev–Trinajstić information content (AvgIpc) is 3.45. The monoisotopic (exact) mass is 1110 g/mol. The van der Waals surface area contributed by atoms with E-state index in [0.717, 1.165) is 83.5 Å². The van der Waals surface area contributed by atoms with Crippen LogP contribution in [-0.4, -0.2) is 99.6 Å². The van der Waals surface area contributed by atoms with Gasteiger partial charge in [0.15, 0.2) is 12.4 Å². The molecule has 1 heterocycles. The first kappa shape index (κ1) is 74.4. The SMILES string of the molecule is CCCCC/C=C\C/C=C\CCCCCCCCCCCCCCC(O)C(=O)NC(COC1OC(CO)C(O)C(O)C1OC(=O)CCCCCCCCC/C=C\C/C=C\CCCCC)C(O)/C=C/CCCCCCCCCCC. The number of hydrogen-bond donors (Lipinski definition) is 6. The zero-order valence-electron chi connectivity index (χ0n) is 51.0. The van der Waals surface area contributed by atoms with Crippen molar-refractivity contribution in [2.45, 2.75) is 346 Å². The van der Waals surface area contributed by atoms with Crippen molar-refractivity contribution in [3.63, 3.8) is 0 Å². The second kappa shape index (κ2) is 55.9. The Balaban J connectivity index is 2.61. The van der Waals surface area contributed by atoms with Crippen LogP contribution in [0.5, 0.6) is 0 Å². The van der Waals surface area contributed by atoms with Gasteiger partial charge < -0.3 is 45.1 Å². The molecule has 0 aliphatic carbocycles. The highest BCUT2D eigenvalue weighted by molar-refractivity contribution is 5.80. The van der Waals surface area contributed by atoms with Crippen LogP contribution in [0.4, 0.5) is 0 Å². The fraction of sp³-hybridized carbons (Fsp3) is 0.824. The maximum Gasteiger partial charge on any atom is 0.306 e. The van der Waals surface area contributed by atoms with Gasteiger partial charge in [0.25, 0.3) is 0 Å². The Morgan fingerprint density at radius 1 is 0.494 bits per heavy atom. The molecule has 8 unspecified atom stereocenters. The predicted molar refractivity (Wildman–Crippen MR) is 329 cm³/mol. The summed E-state index contributed by atoms with van der Waals surface area (Å²) in [6, 6.07) is -1.03. The van der Waals surface area contributed by atoms with Crippen LogP contribution in [0.25, 0.3) is 0 Å². The first-order valence-electron chi connectivity index (χ1n) is 33.1. The van der Waals surface area contributed by atoms with E-state index in [-0.39, 0.29) is 19.4 Å². The molecule has 11 nitrogen and oxygen atoms in total. The van der Waals surface area contributed by atoms with E-state index in [9.17, 15) is 35.1 Å². The largest absolute Gasteiger partial charge is 0.454 e. The molecule has 1 rings (SSSR count). The molecule has 1 saturated heterocycles. The fourth-order valence-electron chi connectivity index (χ4n) is 10.1. The van der Waals surface area contributed by atoms with Crippen molar-refractivity contribution in [1.29, 1.82) is 0 Å². The standard InChI is InChI=1S/C68H123NO10/c1-4-7-10-13-16-19-22-24-26-28-29-30-31-32-34-35-37-40-43-46-49-52-55-61(72)67(76)69-59(60(71)54-51-48-45-42-39-21-18-15-12-9-6-3)58-77-68-66(65(75)64(74)62(57-70)78-68)79-63(73)56-53-50-47-44-41-38-36-33-27-25-23-20-17-14-11-8-5-2/h16-17,19-20,24-27,51,54,59-62,64-66,68,70-72,74-75H,4-15,18,21-23,28-50,52-53,55-58H2,1-3H3,(H,69,76)/b19-16-,20-17-,26-24-,27-25-,54-51+. The molecule has 1 fully saturated rings. The molecule has 460 valence electrons. The summed E-state index contributed by atoms with van der Waals surface area (Å²) in [4.78, 5) is 26.6. The van der Waals surface area contributed by atoms with Crippen LogP contribution >= 0.6 is 0 Å². The third-order valence-electron chi connectivity index (χ3n) is 15.4. The number of amides is 1. The molecule has 0 aromatic rings. The first-order valence-corrected chi connectivity index (χ1v) is 33.1. The molecule has 79 heavy (non-hydrogen) atoms. The van der Waals surface area contributed by atoms with Crippen LogP contribution in [-0.2, 0) is 23.8 Å². The van der Waals surface area contributed by atoms with Gasteiger partial charge in [-0.3, -0.25) is 9.59 Å². The van der Waals surface area contributed by atoms with Crippen molar-refractivity contribution in [1.82, 2.24) is 5.32 Å². The minimum atomic E-state index is -1.62. The number of allylic oxidation sites excluding steroid dienone is 9. The summed E-state index contributed by atoms with van der Waals surface area (Å²) in [5.41, 5.74) is 0. The van der Waals surface area contributed by atoms with Crippen LogP contribution in [0.15, 0.2) is 60.8 Å². The number of carbonyl (C=O) groups excluding carboxylic acids is 2. The highest BCUT2D eigenvalue weighted by Crippen LogP contribution is 2.26. The third kappa shape index (κ3) is 43.7. The zero-order valence-corrected chi connectivity index (χ0v) is 51.0. The van der Waals surface area contributed by atoms with E-state index in [0.29, 0.717) is 12.8 Å². The Kier molecular flexibility index (Phi) is 52.6. The number of ether oxygens (including phenoxy) is 3. The van der Waals surface area contributed by atoms with Crippen LogP contribution in [0, 0.1) is 0 Å². The van der Waals surface area contributed by atoms with Gasteiger partial charge in [-0.1, -0.05) is 261 Å². The Morgan fingerprint density at radius 3 is 1.32 bits per heavy atom. The molecular weight excluding hydrogens is 991 g/mol. The van der Waals surface area contributed by atoms with Gasteiger partial charge >= 0.3 is 5.97 Å². The van der Waals surface area contributed by atoms with Crippen molar-refractivity contribution in [2.75, 3.05) is 13.2 Å². The predicted octanol–water partition coefficient (Wildman–Crippen LogP) is 16.2. The second-order valence-electron chi connectivity index (χ2n) is 22.8. The molecule has 1 amide bonds. The van der Waals surface area contributed by atoms with Crippen molar-refractivity contribution < 1.29 is 49.3 Å². The average molecular weight is 1110 g/mol. The number of esters is 1. The molecular formula is C68H123NO10. The minimum Gasteiger partial charge on any atom is -0.454 e. The van der Waals surface area contributed by atoms with Crippen LogP contribution < -0.4 is 5.32 Å². The summed E-state index contributed by atoms with van der Waals surface area (Å²) in [7, 11) is 0. The van der Waals surface area contributed by atoms with E-state index in [1.165, 1.54) is 167 Å². The van der Waals surface area contributed by atoms with E-state index in [1.54, 1.807) is 6.08 Å². The minimum absolute atomic E-state index is 0.114. The van der Waals surface area contributed by atoms with Gasteiger partial charge in [-0.15, -0.1) is 0 Å². The van der Waals surface area contributed by atoms with Gasteiger partial charge in [-0.25, -0.2) is 0 Å². The summed E-state index contributed by atoms with van der Waals surface area (Å²) >= 11 is 0. The molecule has 1 aliphatic heterocycles. The fourth-order valence-corrected chi connectivity index (χ4v) is 10.1. The lowest BCUT2D eigenvalue weighted by Gasteiger charge is -2.41. The van der Waals surface area contributed by atoms with Gasteiger partial charge in [0.1, 0.15) is 24.4 Å². The van der Waals surface area contributed by atoms with E-state index in [2.05, 4.69) is 74.7 Å². The number of hydrogen-bond acceptors (Lipinski definition) is 10. The highest BCUT2D eigenvalue weighted by atomic mass is 16.7. The van der Waals surface area contributed by atoms with Gasteiger partial charge in [0, 0.05) is 6.42 Å². The number of rotatable bonds is 56. The third-order valence-corrected chi connectivity index (χ3v) is 15.4. The van der Waals surface area contributed by atoms with Crippen LogP contribution in [0.3, 0.4) is 0 Å². The number of aliphatic hydroxyl groups is 5. The normalized spacial score (nSPS) is 19.2. The lowest BCUT2D eigenvalue weighted by molar-refractivity contribution is -0.305. The summed E-state index contributed by atoms with van der Waals surface area (Å²) in [5, 5.41) is 57.1. The topological polar surface area (TPSA) is 175 Å². The van der Waals surface area contributed by atoms with E-state index >= 15 is 0 Å². The van der Waals surface area contributed by atoms with Crippen molar-refractivity contribution in [3.05, 3.63) is 60.8 Å². The number of aliphatic hydroxyl groups excluding tert-OH is 5. The summed E-state index contributed by atoms with van der Waals surface area (Å²) in [6.07, 6.45) is 59.7. The quantitative estimate of drug-likeness (QED) is 0.0195. The van der Waals surface area contributed by atoms with Crippen molar-refractivity contribution in [2.24, 2.45) is 0 Å². The molecule has 0 bridgehead atoms. The van der Waals surface area contributed by atoms with E-state index in [1.807, 2.05) is 6.08 Å². The van der Waals surface area contributed by atoms with E-state index < -0.39 is 67.4 Å². The highest BCUT2D eigenvalue weighted by Gasteiger charge is 2.47. The molecule has 6 N–H and O–H groups in total. The Hall–Kier alpha value is -2.64. The maximum absolute atomic E-state index is 13.4. The smallest absolute Gasteiger partial charge is 0.306 e. The molecule has 11 heteroatoms. The van der Waals surface area contributed by atoms with Gasteiger partial charge in [0.2, 0.25) is 5.91 Å². The molecule has 0 radical (unpaired) electrons. The lowest BCUT2D eigenvalue weighted by Crippen LogP contribution is -2.61. The zero-order chi connectivity index (χ0) is 57.5. The second-order valence-corrected chi connectivity index (χ2v) is 22.8. The molecule has 0 aromatic carbocycles. The molecule has 0 spiro atoms. The van der Waals surface area contributed by atoms with Gasteiger partial charge in [-0.2, -0.15) is 0 Å². The summed E-state index contributed by atoms with van der Waals surface area (Å²) in [5.74, 6) is -1.20. The number of nitrogens with one attached hydrogen (secondary N) is 1. The maximum atomic E-state index is 13.4. The summed E-state index contributed by atoms with van der Waals surface area (Å²) < 4.78 is 17.6. The first-order chi connectivity index (χ1) is 38.7. The summed E-state index contributed by atoms with van der Waals surface area (Å²) in [6.45, 7) is 5.75. The Bertz CT molecular complexity index is 1510. The number of carbonyl (C=O) groups is 2. The molecule has 8 atom stereocenters. The lowest BCUT2D eigenvalue weighted by atomic mass is 9.99. The van der Waals surface area contributed by atoms with Crippen LogP contribution in [0.1, 0.15) is 297 Å². The Labute approximate surface area is 484 Å². The van der Waals surface area contributed by atoms with Crippen molar-refractivity contribution in [3.8, 4) is 0 Å². The Morgan fingerprint density at radius 2 is 0.873 bits per heavy atom. The van der Waals surface area contributed by atoms with Gasteiger partial charge in [-0.05, 0) is 89.9 Å². The molecule has 0 saturated carbocycles. The molecule has 1 aliphatic rings. The van der Waals surface area contributed by atoms with Crippen LogP contribution in [0.2, 0.25) is 0 Å². The van der Waals surface area contributed by atoms with E-state index in [4.69, 9.17) is 14.2 Å². The van der Waals surface area contributed by atoms with Gasteiger partial charge in [0.05, 0.1) is 25.4 Å². The number of unbranched alkanes of at least 4 members (excludes halogenated alkanes) is 34. The molecule has 0 aromatic heterocycles. The van der Waals surface area contributed by atoms with Crippen molar-refractivity contribution >= 4 is 11.9 Å².